The van der Waals surface area contributed by atoms with Crippen molar-refractivity contribution in [1.82, 2.24) is 29.7 Å². The zero-order valence-electron chi connectivity index (χ0n) is 11.4. The first-order valence-corrected chi connectivity index (χ1v) is 6.11. The van der Waals surface area contributed by atoms with Crippen LogP contribution in [0.1, 0.15) is 6.92 Å². The van der Waals surface area contributed by atoms with E-state index < -0.39 is 0 Å². The lowest BCUT2D eigenvalue weighted by molar-refractivity contribution is 0.154. The van der Waals surface area contributed by atoms with Gasteiger partial charge in [-0.05, 0) is 6.92 Å². The van der Waals surface area contributed by atoms with Crippen molar-refractivity contribution in [3.05, 3.63) is 12.7 Å². The fraction of sp³-hybridized carbons (Fsp3) is 0.500. The third kappa shape index (κ3) is 3.36. The highest BCUT2D eigenvalue weighted by molar-refractivity contribution is 5.38. The fourth-order valence-electron chi connectivity index (χ4n) is 1.45. The second-order valence-electron chi connectivity index (χ2n) is 3.86. The SMILES string of the molecule is CCOCCN(C)c1nc(NN)nc(-n2cncn2)n1. The number of aromatic nitrogens is 6. The summed E-state index contributed by atoms with van der Waals surface area (Å²) in [7, 11) is 1.86. The summed E-state index contributed by atoms with van der Waals surface area (Å²) in [5, 5.41) is 3.98. The van der Waals surface area contributed by atoms with Crippen LogP contribution in [0.5, 0.6) is 0 Å². The Bertz CT molecular complexity index is 530. The van der Waals surface area contributed by atoms with Gasteiger partial charge in [-0.2, -0.15) is 24.7 Å². The summed E-state index contributed by atoms with van der Waals surface area (Å²) < 4.78 is 6.74. The van der Waals surface area contributed by atoms with Gasteiger partial charge in [0.05, 0.1) is 6.61 Å². The van der Waals surface area contributed by atoms with Crippen molar-refractivity contribution >= 4 is 11.9 Å². The van der Waals surface area contributed by atoms with Crippen LogP contribution in [0.15, 0.2) is 12.7 Å². The van der Waals surface area contributed by atoms with Gasteiger partial charge >= 0.3 is 0 Å². The minimum Gasteiger partial charge on any atom is -0.380 e. The van der Waals surface area contributed by atoms with Gasteiger partial charge in [0.15, 0.2) is 0 Å². The summed E-state index contributed by atoms with van der Waals surface area (Å²) in [6.07, 6.45) is 2.90. The van der Waals surface area contributed by atoms with Crippen molar-refractivity contribution in [2.45, 2.75) is 6.92 Å². The molecule has 0 aliphatic rings. The van der Waals surface area contributed by atoms with Gasteiger partial charge in [-0.15, -0.1) is 0 Å². The van der Waals surface area contributed by atoms with E-state index in [1.165, 1.54) is 17.3 Å². The summed E-state index contributed by atoms with van der Waals surface area (Å²) in [6, 6.07) is 0. The van der Waals surface area contributed by atoms with Crippen LogP contribution in [-0.2, 0) is 4.74 Å². The number of hydrogen-bond acceptors (Lipinski definition) is 9. The molecule has 3 N–H and O–H groups in total. The Morgan fingerprint density at radius 1 is 1.40 bits per heavy atom. The second-order valence-corrected chi connectivity index (χ2v) is 3.86. The van der Waals surface area contributed by atoms with Crippen molar-refractivity contribution in [1.29, 1.82) is 0 Å². The molecular weight excluding hydrogens is 262 g/mol. The molecule has 0 unspecified atom stereocenters. The van der Waals surface area contributed by atoms with Crippen LogP contribution in [0.25, 0.3) is 5.95 Å². The van der Waals surface area contributed by atoms with Crippen LogP contribution >= 0.6 is 0 Å². The van der Waals surface area contributed by atoms with Crippen LogP contribution in [-0.4, -0.2) is 56.5 Å². The minimum atomic E-state index is 0.253. The van der Waals surface area contributed by atoms with E-state index in [1.807, 2.05) is 18.9 Å². The van der Waals surface area contributed by atoms with Gasteiger partial charge in [0.1, 0.15) is 12.7 Å². The van der Waals surface area contributed by atoms with Gasteiger partial charge in [0, 0.05) is 20.2 Å². The number of nitrogens with zero attached hydrogens (tertiary/aromatic N) is 7. The molecule has 2 heterocycles. The van der Waals surface area contributed by atoms with E-state index in [2.05, 4.69) is 30.5 Å². The molecule has 0 amide bonds. The van der Waals surface area contributed by atoms with Gasteiger partial charge in [-0.1, -0.05) is 0 Å². The van der Waals surface area contributed by atoms with Crippen LogP contribution in [0.3, 0.4) is 0 Å². The number of rotatable bonds is 7. The van der Waals surface area contributed by atoms with Crippen molar-refractivity contribution in [3.63, 3.8) is 0 Å². The van der Waals surface area contributed by atoms with Crippen molar-refractivity contribution in [3.8, 4) is 5.95 Å². The lowest BCUT2D eigenvalue weighted by Crippen LogP contribution is -2.26. The molecule has 0 radical (unpaired) electrons. The summed E-state index contributed by atoms with van der Waals surface area (Å²) in [4.78, 5) is 18.3. The maximum atomic E-state index is 5.37. The lowest BCUT2D eigenvalue weighted by atomic mass is 10.6. The van der Waals surface area contributed by atoms with Gasteiger partial charge in [0.2, 0.25) is 11.9 Å². The number of nitrogens with one attached hydrogen (secondary N) is 1. The molecular formula is C10H17N9O. The molecule has 0 saturated carbocycles. The largest absolute Gasteiger partial charge is 0.380 e. The van der Waals surface area contributed by atoms with Crippen LogP contribution in [0.2, 0.25) is 0 Å². The number of anilines is 2. The number of hydrogen-bond donors (Lipinski definition) is 2. The highest BCUT2D eigenvalue weighted by Crippen LogP contribution is 2.10. The maximum absolute atomic E-state index is 5.37. The number of likely N-dealkylation sites (N-methyl/N-ethyl adjacent to an activating group) is 1. The summed E-state index contributed by atoms with van der Waals surface area (Å²) in [5.41, 5.74) is 2.41. The molecule has 0 atom stereocenters. The van der Waals surface area contributed by atoms with Crippen LogP contribution in [0, 0.1) is 0 Å². The molecule has 0 bridgehead atoms. The molecule has 2 aromatic heterocycles. The molecule has 0 spiro atoms. The summed E-state index contributed by atoms with van der Waals surface area (Å²) >= 11 is 0. The van der Waals surface area contributed by atoms with Gasteiger partial charge in [-0.3, -0.25) is 5.43 Å². The molecule has 2 rings (SSSR count). The minimum absolute atomic E-state index is 0.253. The van der Waals surface area contributed by atoms with Gasteiger partial charge in [0.25, 0.3) is 5.95 Å². The molecule has 20 heavy (non-hydrogen) atoms. The number of nitrogen functional groups attached to an aromatic ring is 1. The summed E-state index contributed by atoms with van der Waals surface area (Å²) in [5.74, 6) is 6.43. The topological polar surface area (TPSA) is 120 Å². The van der Waals surface area contributed by atoms with E-state index in [9.17, 15) is 0 Å². The van der Waals surface area contributed by atoms with Crippen LogP contribution < -0.4 is 16.2 Å². The smallest absolute Gasteiger partial charge is 0.258 e. The molecule has 10 nitrogen and oxygen atoms in total. The van der Waals surface area contributed by atoms with E-state index in [1.54, 1.807) is 0 Å². The van der Waals surface area contributed by atoms with Gasteiger partial charge in [-0.25, -0.2) is 10.8 Å². The summed E-state index contributed by atoms with van der Waals surface area (Å²) in [6.45, 7) is 3.86. The normalized spacial score (nSPS) is 10.6. The predicted octanol–water partition coefficient (Wildman–Crippen LogP) is -0.789. The van der Waals surface area contributed by atoms with Gasteiger partial charge < -0.3 is 9.64 Å². The van der Waals surface area contributed by atoms with Crippen molar-refractivity contribution < 1.29 is 4.74 Å². The number of ether oxygens (including phenoxy) is 1. The quantitative estimate of drug-likeness (QED) is 0.381. The third-order valence-electron chi connectivity index (χ3n) is 2.48. The molecule has 0 aromatic carbocycles. The monoisotopic (exact) mass is 279 g/mol. The molecule has 10 heteroatoms. The van der Waals surface area contributed by atoms with E-state index in [-0.39, 0.29) is 5.95 Å². The Morgan fingerprint density at radius 3 is 2.90 bits per heavy atom. The lowest BCUT2D eigenvalue weighted by Gasteiger charge is -2.17. The van der Waals surface area contributed by atoms with E-state index in [0.717, 1.165) is 0 Å². The Morgan fingerprint density at radius 2 is 2.25 bits per heavy atom. The molecule has 0 aliphatic carbocycles. The van der Waals surface area contributed by atoms with E-state index >= 15 is 0 Å². The average molecular weight is 279 g/mol. The maximum Gasteiger partial charge on any atom is 0.258 e. The van der Waals surface area contributed by atoms with Crippen molar-refractivity contribution in [2.75, 3.05) is 37.1 Å². The first kappa shape index (κ1) is 14.1. The molecule has 0 fully saturated rings. The standard InChI is InChI=1S/C10H17N9O/c1-3-20-5-4-18(2)9-14-8(17-11)15-10(16-9)19-7-12-6-13-19/h6-7H,3-5,11H2,1-2H3,(H,14,15,16,17). The first-order valence-electron chi connectivity index (χ1n) is 6.11. The average Bonchev–Trinajstić information content (AvgIpc) is 3.01. The highest BCUT2D eigenvalue weighted by atomic mass is 16.5. The molecule has 2 aromatic rings. The Labute approximate surface area is 116 Å². The third-order valence-corrected chi connectivity index (χ3v) is 2.48. The zero-order valence-corrected chi connectivity index (χ0v) is 11.4. The number of hydrazine groups is 1. The highest BCUT2D eigenvalue weighted by Gasteiger charge is 2.11. The Kier molecular flexibility index (Phi) is 4.74. The van der Waals surface area contributed by atoms with E-state index in [0.29, 0.717) is 31.7 Å². The zero-order chi connectivity index (χ0) is 14.4. The predicted molar refractivity (Wildman–Crippen MR) is 72.3 cm³/mol. The first-order chi connectivity index (χ1) is 9.74. The molecule has 0 saturated heterocycles. The van der Waals surface area contributed by atoms with Crippen LogP contribution in [0.4, 0.5) is 11.9 Å². The van der Waals surface area contributed by atoms with E-state index in [4.69, 9.17) is 10.6 Å². The second kappa shape index (κ2) is 6.73. The molecule has 0 aliphatic heterocycles. The number of nitrogens with two attached hydrogens (primary N) is 1. The molecule has 108 valence electrons. The van der Waals surface area contributed by atoms with Crippen molar-refractivity contribution in [2.24, 2.45) is 5.84 Å². The Hall–Kier alpha value is -2.33. The Balaban J connectivity index is 2.22. The fourth-order valence-corrected chi connectivity index (χ4v) is 1.45.